The number of aliphatic carboxylic acids is 1. The Morgan fingerprint density at radius 2 is 2.14 bits per heavy atom. The van der Waals surface area contributed by atoms with Gasteiger partial charge >= 0.3 is 12.1 Å². The average molecular weight is 324 g/mol. The van der Waals surface area contributed by atoms with Gasteiger partial charge in [0.25, 0.3) is 0 Å². The molecular formula is C12H9ClF3NO4. The van der Waals surface area contributed by atoms with Gasteiger partial charge in [0.15, 0.2) is 0 Å². The lowest BCUT2D eigenvalue weighted by molar-refractivity contribution is -0.217. The van der Waals surface area contributed by atoms with E-state index in [2.05, 4.69) is 5.16 Å². The molecule has 1 aromatic carbocycles. The Balaban J connectivity index is 2.54. The van der Waals surface area contributed by atoms with E-state index in [4.69, 9.17) is 26.7 Å². The molecule has 0 saturated heterocycles. The number of hydrogen-bond acceptors (Lipinski definition) is 4. The number of fused-ring (bicyclic) bond motifs is 1. The van der Waals surface area contributed by atoms with E-state index in [1.165, 1.54) is 12.1 Å². The maximum Gasteiger partial charge on any atom is 0.426 e. The third kappa shape index (κ3) is 3.05. The van der Waals surface area contributed by atoms with Crippen LogP contribution in [0.4, 0.5) is 13.2 Å². The number of carbonyl (C=O) groups is 1. The fourth-order valence-corrected chi connectivity index (χ4v) is 2.44. The predicted octanol–water partition coefficient (Wildman–Crippen LogP) is 2.71. The van der Waals surface area contributed by atoms with Gasteiger partial charge in [-0.25, -0.2) is 0 Å². The SMILES string of the molecule is O=C(O)[C@@H]1Cc2cc(Cl)cc(/C=N\O)c2O[C@@H]1C(F)(F)F. The number of hydrogen-bond donors (Lipinski definition) is 2. The van der Waals surface area contributed by atoms with E-state index >= 15 is 0 Å². The van der Waals surface area contributed by atoms with E-state index in [9.17, 15) is 18.0 Å². The second-order valence-corrected chi connectivity index (χ2v) is 4.89. The molecule has 0 aliphatic carbocycles. The largest absolute Gasteiger partial charge is 0.481 e. The molecule has 2 N–H and O–H groups in total. The van der Waals surface area contributed by atoms with Crippen molar-refractivity contribution in [3.8, 4) is 5.75 Å². The Kier molecular flexibility index (Phi) is 3.99. The van der Waals surface area contributed by atoms with Crippen LogP contribution in [0.15, 0.2) is 17.3 Å². The summed E-state index contributed by atoms with van der Waals surface area (Å²) in [6.07, 6.45) is -6.83. The molecule has 9 heteroatoms. The molecule has 1 heterocycles. The summed E-state index contributed by atoms with van der Waals surface area (Å²) in [5.74, 6) is -3.56. The number of rotatable bonds is 2. The van der Waals surface area contributed by atoms with Crippen molar-refractivity contribution in [2.75, 3.05) is 0 Å². The van der Waals surface area contributed by atoms with Crippen molar-refractivity contribution in [3.05, 3.63) is 28.3 Å². The Labute approximate surface area is 121 Å². The van der Waals surface area contributed by atoms with Gasteiger partial charge in [0.1, 0.15) is 11.7 Å². The van der Waals surface area contributed by atoms with Gasteiger partial charge in [-0.3, -0.25) is 4.79 Å². The van der Waals surface area contributed by atoms with Crippen LogP contribution >= 0.6 is 11.6 Å². The van der Waals surface area contributed by atoms with Gasteiger partial charge in [0, 0.05) is 10.6 Å². The molecule has 0 amide bonds. The normalized spacial score (nSPS) is 21.9. The smallest absolute Gasteiger partial charge is 0.426 e. The fraction of sp³-hybridized carbons (Fsp3) is 0.333. The minimum Gasteiger partial charge on any atom is -0.481 e. The Bertz CT molecular complexity index is 603. The van der Waals surface area contributed by atoms with E-state index in [0.717, 1.165) is 6.21 Å². The van der Waals surface area contributed by atoms with Gasteiger partial charge < -0.3 is 15.1 Å². The van der Waals surface area contributed by atoms with Crippen molar-refractivity contribution in [2.24, 2.45) is 11.1 Å². The van der Waals surface area contributed by atoms with Crippen molar-refractivity contribution in [2.45, 2.75) is 18.7 Å². The first-order valence-electron chi connectivity index (χ1n) is 5.70. The molecule has 0 bridgehead atoms. The van der Waals surface area contributed by atoms with E-state index in [1.54, 1.807) is 0 Å². The van der Waals surface area contributed by atoms with Gasteiger partial charge in [-0.05, 0) is 24.1 Å². The molecule has 1 aliphatic rings. The van der Waals surface area contributed by atoms with E-state index in [0.29, 0.717) is 0 Å². The zero-order chi connectivity index (χ0) is 15.8. The highest BCUT2D eigenvalue weighted by atomic mass is 35.5. The summed E-state index contributed by atoms with van der Waals surface area (Å²) < 4.78 is 43.7. The predicted molar refractivity (Wildman–Crippen MR) is 66.1 cm³/mol. The lowest BCUT2D eigenvalue weighted by Gasteiger charge is -2.33. The van der Waals surface area contributed by atoms with Crippen molar-refractivity contribution >= 4 is 23.8 Å². The van der Waals surface area contributed by atoms with Crippen LogP contribution in [0.1, 0.15) is 11.1 Å². The first-order chi connectivity index (χ1) is 9.74. The standard InChI is InChI=1S/C12H9ClF3NO4/c13-7-1-5-3-8(11(18)19)10(12(14,15)16)21-9(5)6(2-7)4-17-20/h1-2,4,8,10,20H,3H2,(H,18,19)/b17-4-/t8-,10+/m1/s1. The molecule has 2 rings (SSSR count). The summed E-state index contributed by atoms with van der Waals surface area (Å²) in [5, 5.41) is 20.4. The van der Waals surface area contributed by atoms with Crippen molar-refractivity contribution < 1.29 is 33.0 Å². The number of nitrogens with zero attached hydrogens (tertiary/aromatic N) is 1. The molecule has 114 valence electrons. The van der Waals surface area contributed by atoms with Crippen LogP contribution in [-0.4, -0.2) is 34.8 Å². The number of alkyl halides is 3. The molecule has 0 spiro atoms. The van der Waals surface area contributed by atoms with Gasteiger partial charge in [-0.1, -0.05) is 16.8 Å². The number of oxime groups is 1. The van der Waals surface area contributed by atoms with Crippen LogP contribution in [0.25, 0.3) is 0 Å². The van der Waals surface area contributed by atoms with Gasteiger partial charge in [0.05, 0.1) is 6.21 Å². The summed E-state index contributed by atoms with van der Waals surface area (Å²) in [6.45, 7) is 0. The minimum atomic E-state index is -4.84. The van der Waals surface area contributed by atoms with Gasteiger partial charge in [-0.15, -0.1) is 0 Å². The van der Waals surface area contributed by atoms with E-state index < -0.39 is 24.2 Å². The third-order valence-corrected chi connectivity index (χ3v) is 3.26. The van der Waals surface area contributed by atoms with Crippen LogP contribution in [0.3, 0.4) is 0 Å². The molecule has 0 unspecified atom stereocenters. The second kappa shape index (κ2) is 5.44. The molecule has 0 radical (unpaired) electrons. The molecule has 2 atom stereocenters. The van der Waals surface area contributed by atoms with Gasteiger partial charge in [-0.2, -0.15) is 13.2 Å². The highest BCUT2D eigenvalue weighted by molar-refractivity contribution is 6.31. The summed E-state index contributed by atoms with van der Waals surface area (Å²) in [5.41, 5.74) is 0.253. The third-order valence-electron chi connectivity index (χ3n) is 3.05. The van der Waals surface area contributed by atoms with Crippen LogP contribution in [0.2, 0.25) is 5.02 Å². The number of carboxylic acid groups (broad SMARTS) is 1. The highest BCUT2D eigenvalue weighted by Gasteiger charge is 2.52. The zero-order valence-corrected chi connectivity index (χ0v) is 11.0. The second-order valence-electron chi connectivity index (χ2n) is 4.46. The molecule has 21 heavy (non-hydrogen) atoms. The lowest BCUT2D eigenvalue weighted by atomic mass is 9.89. The van der Waals surface area contributed by atoms with Crippen LogP contribution in [-0.2, 0) is 11.2 Å². The quantitative estimate of drug-likeness (QED) is 0.498. The van der Waals surface area contributed by atoms with Crippen LogP contribution < -0.4 is 4.74 Å². The maximum absolute atomic E-state index is 12.9. The topological polar surface area (TPSA) is 79.1 Å². The number of carboxylic acids is 1. The zero-order valence-electron chi connectivity index (χ0n) is 10.3. The van der Waals surface area contributed by atoms with Crippen molar-refractivity contribution in [1.29, 1.82) is 0 Å². The number of ether oxygens (including phenoxy) is 1. The van der Waals surface area contributed by atoms with Crippen LogP contribution in [0, 0.1) is 5.92 Å². The number of halogens is 4. The Morgan fingerprint density at radius 1 is 1.48 bits per heavy atom. The van der Waals surface area contributed by atoms with Crippen LogP contribution in [0.5, 0.6) is 5.75 Å². The average Bonchev–Trinajstić information content (AvgIpc) is 2.36. The molecule has 0 aromatic heterocycles. The summed E-state index contributed by atoms with van der Waals surface area (Å²) in [6, 6.07) is 2.59. The van der Waals surface area contributed by atoms with Crippen molar-refractivity contribution in [3.63, 3.8) is 0 Å². The van der Waals surface area contributed by atoms with E-state index in [-0.39, 0.29) is 28.3 Å². The molecule has 0 saturated carbocycles. The fourth-order valence-electron chi connectivity index (χ4n) is 2.19. The minimum absolute atomic E-state index is 0.0399. The molecular weight excluding hydrogens is 315 g/mol. The summed E-state index contributed by atoms with van der Waals surface area (Å²) >= 11 is 5.80. The monoisotopic (exact) mass is 323 g/mol. The lowest BCUT2D eigenvalue weighted by Crippen LogP contribution is -2.47. The first kappa shape index (κ1) is 15.4. The highest BCUT2D eigenvalue weighted by Crippen LogP contribution is 2.41. The molecule has 1 aromatic rings. The van der Waals surface area contributed by atoms with Crippen molar-refractivity contribution in [1.82, 2.24) is 0 Å². The van der Waals surface area contributed by atoms with E-state index in [1.807, 2.05) is 0 Å². The maximum atomic E-state index is 12.9. The Hall–Kier alpha value is -1.96. The van der Waals surface area contributed by atoms with Gasteiger partial charge in [0.2, 0.25) is 6.10 Å². The number of benzene rings is 1. The molecule has 1 aliphatic heterocycles. The Morgan fingerprint density at radius 3 is 2.67 bits per heavy atom. The summed E-state index contributed by atoms with van der Waals surface area (Å²) in [7, 11) is 0. The molecule has 0 fully saturated rings. The first-order valence-corrected chi connectivity index (χ1v) is 6.08. The molecule has 5 nitrogen and oxygen atoms in total. The summed E-state index contributed by atoms with van der Waals surface area (Å²) in [4.78, 5) is 11.0.